The molecule has 0 unspecified atom stereocenters. The van der Waals surface area contributed by atoms with Gasteiger partial charge in [-0.15, -0.1) is 0 Å². The third-order valence-corrected chi connectivity index (χ3v) is 9.37. The van der Waals surface area contributed by atoms with Crippen molar-refractivity contribution in [3.05, 3.63) is 106 Å². The maximum Gasteiger partial charge on any atom is 0.268 e. The lowest BCUT2D eigenvalue weighted by atomic mass is 9.78. The number of anilines is 1. The average molecular weight is 622 g/mol. The van der Waals surface area contributed by atoms with Gasteiger partial charge in [-0.3, -0.25) is 14.2 Å². The van der Waals surface area contributed by atoms with Crippen molar-refractivity contribution in [2.45, 2.75) is 30.2 Å². The third kappa shape index (κ3) is 5.08. The maximum atomic E-state index is 15.9. The lowest BCUT2D eigenvalue weighted by molar-refractivity contribution is -0.124. The van der Waals surface area contributed by atoms with Gasteiger partial charge < -0.3 is 14.0 Å². The molecule has 1 aliphatic rings. The van der Waals surface area contributed by atoms with Gasteiger partial charge in [0, 0.05) is 48.4 Å². The molecule has 13 heteroatoms. The van der Waals surface area contributed by atoms with Crippen molar-refractivity contribution >= 4 is 32.5 Å². The number of carbonyl (C=O) groups excluding carboxylic acids is 1. The lowest BCUT2D eigenvalue weighted by Gasteiger charge is -2.26. The van der Waals surface area contributed by atoms with E-state index >= 15 is 8.78 Å². The Morgan fingerprint density at radius 2 is 1.70 bits per heavy atom. The number of methoxy groups -OCH3 is 2. The van der Waals surface area contributed by atoms with E-state index < -0.39 is 32.1 Å². The summed E-state index contributed by atoms with van der Waals surface area (Å²) < 4.78 is 76.6. The van der Waals surface area contributed by atoms with Crippen molar-refractivity contribution in [3.8, 4) is 17.2 Å². The SMILES string of the molecule is COc1ccc(CN(c2ccon2)S(=O)(=O)c2cc3ccc(=O)n(-c4cc(F)c(C5CC(=O)C5)cc4OC)c3cc2F)cc1. The molecule has 0 radical (unpaired) electrons. The van der Waals surface area contributed by atoms with Gasteiger partial charge in [-0.25, -0.2) is 21.5 Å². The molecule has 10 nitrogen and oxygen atoms in total. The second kappa shape index (κ2) is 11.2. The number of ether oxygens (including phenoxy) is 2. The zero-order valence-corrected chi connectivity index (χ0v) is 24.3. The van der Waals surface area contributed by atoms with E-state index in [9.17, 15) is 18.0 Å². The van der Waals surface area contributed by atoms with Crippen LogP contribution in [0.15, 0.2) is 87.2 Å². The van der Waals surface area contributed by atoms with Gasteiger partial charge in [-0.2, -0.15) is 0 Å². The van der Waals surface area contributed by atoms with Gasteiger partial charge in [0.2, 0.25) is 0 Å². The molecule has 0 spiro atoms. The normalized spacial score (nSPS) is 13.6. The van der Waals surface area contributed by atoms with Crippen LogP contribution in [-0.2, 0) is 21.4 Å². The molecule has 3 aromatic carbocycles. The standard InChI is InChI=1S/C31H25F2N3O7S/c1-41-22-6-3-18(4-7-22)17-35(30-9-10-43-34-30)44(39,40)29-13-19-5-8-31(38)36(26(19)16-25(29)33)27-15-24(32)23(14-28(27)42-2)20-11-21(37)12-20/h3-10,13-16,20H,11-12,17H2,1-2H3. The zero-order chi connectivity index (χ0) is 31.2. The molecule has 0 bridgehead atoms. The fourth-order valence-electron chi connectivity index (χ4n) is 5.25. The molecule has 5 aromatic rings. The number of pyridine rings is 1. The number of nitrogens with zero attached hydrogens (tertiary/aromatic N) is 3. The zero-order valence-electron chi connectivity index (χ0n) is 23.5. The Balaban J connectivity index is 1.46. The third-order valence-electron chi connectivity index (χ3n) is 7.61. The summed E-state index contributed by atoms with van der Waals surface area (Å²) >= 11 is 0. The van der Waals surface area contributed by atoms with Crippen LogP contribution in [-0.4, -0.2) is 38.1 Å². The summed E-state index contributed by atoms with van der Waals surface area (Å²) in [7, 11) is -1.73. The number of benzene rings is 3. The average Bonchev–Trinajstić information content (AvgIpc) is 3.53. The van der Waals surface area contributed by atoms with Crippen LogP contribution >= 0.6 is 0 Å². The van der Waals surface area contributed by atoms with Crippen LogP contribution in [0.1, 0.15) is 29.9 Å². The number of aromatic nitrogens is 2. The Labute approximate surface area is 250 Å². The fraction of sp³-hybridized carbons (Fsp3) is 0.194. The molecule has 6 rings (SSSR count). The van der Waals surface area contributed by atoms with Crippen molar-refractivity contribution in [2.75, 3.05) is 18.5 Å². The second-order valence-corrected chi connectivity index (χ2v) is 12.1. The van der Waals surface area contributed by atoms with E-state index in [0.29, 0.717) is 11.3 Å². The number of hydrogen-bond acceptors (Lipinski definition) is 8. The minimum atomic E-state index is -4.58. The van der Waals surface area contributed by atoms with E-state index in [2.05, 4.69) is 5.16 Å². The van der Waals surface area contributed by atoms with Crippen molar-refractivity contribution in [2.24, 2.45) is 0 Å². The molecule has 44 heavy (non-hydrogen) atoms. The van der Waals surface area contributed by atoms with Crippen molar-refractivity contribution in [1.29, 1.82) is 0 Å². The van der Waals surface area contributed by atoms with E-state index in [0.717, 1.165) is 27.1 Å². The molecule has 0 N–H and O–H groups in total. The van der Waals surface area contributed by atoms with Crippen LogP contribution in [0, 0.1) is 11.6 Å². The topological polar surface area (TPSA) is 121 Å². The van der Waals surface area contributed by atoms with Crippen LogP contribution in [0.2, 0.25) is 0 Å². The highest BCUT2D eigenvalue weighted by atomic mass is 32.2. The Bertz CT molecular complexity index is 2050. The molecule has 1 aliphatic carbocycles. The summed E-state index contributed by atoms with van der Waals surface area (Å²) in [5.41, 5.74) is 0.203. The maximum absolute atomic E-state index is 15.9. The quantitative estimate of drug-likeness (QED) is 0.223. The molecule has 0 aliphatic heterocycles. The Morgan fingerprint density at radius 3 is 2.34 bits per heavy atom. The molecular formula is C31H25F2N3O7S. The minimum Gasteiger partial charge on any atom is -0.497 e. The predicted molar refractivity (Wildman–Crippen MR) is 156 cm³/mol. The van der Waals surface area contributed by atoms with Gasteiger partial charge in [0.25, 0.3) is 15.6 Å². The first-order chi connectivity index (χ1) is 21.1. The van der Waals surface area contributed by atoms with Crippen LogP contribution in [0.25, 0.3) is 16.6 Å². The first kappa shape index (κ1) is 29.1. The number of ketones is 1. The van der Waals surface area contributed by atoms with Gasteiger partial charge in [0.1, 0.15) is 40.1 Å². The number of sulfonamides is 1. The van der Waals surface area contributed by atoms with Crippen molar-refractivity contribution in [1.82, 2.24) is 9.72 Å². The first-order valence-electron chi connectivity index (χ1n) is 13.4. The molecule has 1 saturated carbocycles. The molecule has 2 heterocycles. The van der Waals surface area contributed by atoms with Gasteiger partial charge in [0.15, 0.2) is 5.82 Å². The molecule has 0 atom stereocenters. The number of fused-ring (bicyclic) bond motifs is 1. The number of carbonyl (C=O) groups is 1. The second-order valence-electron chi connectivity index (χ2n) is 10.3. The predicted octanol–water partition coefficient (Wildman–Crippen LogP) is 5.12. The van der Waals surface area contributed by atoms with Gasteiger partial charge >= 0.3 is 0 Å². The fourth-order valence-corrected chi connectivity index (χ4v) is 6.72. The lowest BCUT2D eigenvalue weighted by Crippen LogP contribution is -2.31. The van der Waals surface area contributed by atoms with E-state index in [1.165, 1.54) is 44.7 Å². The molecule has 226 valence electrons. The van der Waals surface area contributed by atoms with Gasteiger partial charge in [-0.05, 0) is 41.5 Å². The number of rotatable bonds is 9. The first-order valence-corrected chi connectivity index (χ1v) is 14.9. The van der Waals surface area contributed by atoms with E-state index in [-0.39, 0.29) is 64.8 Å². The van der Waals surface area contributed by atoms with Gasteiger partial charge in [-0.1, -0.05) is 17.3 Å². The highest BCUT2D eigenvalue weighted by Gasteiger charge is 2.33. The van der Waals surface area contributed by atoms with E-state index in [1.807, 2.05) is 0 Å². The van der Waals surface area contributed by atoms with Crippen molar-refractivity contribution in [3.63, 3.8) is 0 Å². The summed E-state index contributed by atoms with van der Waals surface area (Å²) in [6, 6.07) is 15.0. The summed E-state index contributed by atoms with van der Waals surface area (Å²) in [4.78, 5) is 23.9. The highest BCUT2D eigenvalue weighted by molar-refractivity contribution is 7.92. The molecule has 0 saturated heterocycles. The minimum absolute atomic E-state index is 0.00580. The van der Waals surface area contributed by atoms with Gasteiger partial charge in [0.05, 0.1) is 32.0 Å². The molecular weight excluding hydrogens is 596 g/mol. The Morgan fingerprint density at radius 1 is 0.955 bits per heavy atom. The summed E-state index contributed by atoms with van der Waals surface area (Å²) in [6.45, 7) is -0.203. The summed E-state index contributed by atoms with van der Waals surface area (Å²) in [5, 5.41) is 3.95. The van der Waals surface area contributed by atoms with E-state index in [4.69, 9.17) is 14.0 Å². The van der Waals surface area contributed by atoms with Crippen LogP contribution in [0.3, 0.4) is 0 Å². The number of hydrogen-bond donors (Lipinski definition) is 0. The highest BCUT2D eigenvalue weighted by Crippen LogP contribution is 2.39. The number of Topliss-reactive ketones (excluding diaryl/α,β-unsaturated/α-hetero) is 1. The smallest absolute Gasteiger partial charge is 0.268 e. The largest absolute Gasteiger partial charge is 0.497 e. The summed E-state index contributed by atoms with van der Waals surface area (Å²) in [5.74, 6) is -1.45. The summed E-state index contributed by atoms with van der Waals surface area (Å²) in [6.07, 6.45) is 1.61. The van der Waals surface area contributed by atoms with Crippen LogP contribution in [0.5, 0.6) is 11.5 Å². The van der Waals surface area contributed by atoms with Crippen molar-refractivity contribution < 1.29 is 36.0 Å². The molecule has 2 aromatic heterocycles. The Hall–Kier alpha value is -5.04. The molecule has 1 fully saturated rings. The monoisotopic (exact) mass is 621 g/mol. The Kier molecular flexibility index (Phi) is 7.41. The molecule has 0 amide bonds. The number of halogens is 2. The van der Waals surface area contributed by atoms with E-state index in [1.54, 1.807) is 24.3 Å². The van der Waals surface area contributed by atoms with Crippen LogP contribution in [0.4, 0.5) is 14.6 Å². The van der Waals surface area contributed by atoms with Crippen LogP contribution < -0.4 is 19.3 Å².